The maximum atomic E-state index is 4.22. The second-order valence-electron chi connectivity index (χ2n) is 13.2. The average Bonchev–Trinajstić information content (AvgIpc) is 3.67. The van der Waals surface area contributed by atoms with Crippen molar-refractivity contribution in [2.75, 3.05) is 0 Å². The minimum absolute atomic E-state index is 0.323. The standard InChI is InChI=1S/C36H30.C12H18.2C2H6/c1-5-13-32-28(7-3)29-16-8-10-18-33(29)36(32)34-19-11-9-17-30(34)31-23-27(20-21-35(31)36)26-15-12-14-25(22-26)24(4)6-2;1-3-4-8-11(2)12-9-6-5-7-10-12;2*1-2/h5-24H,2-3H2,1,4H3;5-7,9-11H,3-4,8H2,1-2H3;2*1-2H3/b13-5-;;;. The van der Waals surface area contributed by atoms with Crippen LogP contribution in [0.15, 0.2) is 164 Å². The molecule has 2 aliphatic carbocycles. The van der Waals surface area contributed by atoms with Gasteiger partial charge in [-0.05, 0) is 98.0 Å². The summed E-state index contributed by atoms with van der Waals surface area (Å²) in [7, 11) is 0. The van der Waals surface area contributed by atoms with Crippen LogP contribution in [-0.4, -0.2) is 0 Å². The summed E-state index contributed by atoms with van der Waals surface area (Å²) in [6.07, 6.45) is 12.5. The van der Waals surface area contributed by atoms with Gasteiger partial charge in [0.15, 0.2) is 0 Å². The molecule has 0 bridgehead atoms. The van der Waals surface area contributed by atoms with E-state index in [1.807, 2.05) is 39.8 Å². The summed E-state index contributed by atoms with van der Waals surface area (Å²) < 4.78 is 0. The molecule has 3 atom stereocenters. The van der Waals surface area contributed by atoms with Crippen molar-refractivity contribution in [1.29, 1.82) is 0 Å². The average molecular weight is 685 g/mol. The number of hydrogen-bond acceptors (Lipinski definition) is 0. The number of benzene rings is 5. The third kappa shape index (κ3) is 7.63. The van der Waals surface area contributed by atoms with E-state index >= 15 is 0 Å². The maximum Gasteiger partial charge on any atom is 0.0725 e. The van der Waals surface area contributed by atoms with Gasteiger partial charge in [0.05, 0.1) is 5.41 Å². The molecule has 0 radical (unpaired) electrons. The van der Waals surface area contributed by atoms with Gasteiger partial charge < -0.3 is 0 Å². The fourth-order valence-corrected chi connectivity index (χ4v) is 7.78. The van der Waals surface area contributed by atoms with Crippen molar-refractivity contribution < 1.29 is 0 Å². The lowest BCUT2D eigenvalue weighted by Gasteiger charge is -2.31. The highest BCUT2D eigenvalue weighted by Crippen LogP contribution is 2.62. The minimum Gasteiger partial charge on any atom is -0.102 e. The first-order valence-electron chi connectivity index (χ1n) is 19.6. The molecular formula is C52H60. The molecule has 1 spiro atoms. The Bertz CT molecular complexity index is 1980. The molecule has 0 fully saturated rings. The van der Waals surface area contributed by atoms with E-state index in [0.29, 0.717) is 5.92 Å². The van der Waals surface area contributed by atoms with Crippen LogP contribution in [0.5, 0.6) is 0 Å². The SMILES string of the molecule is C=CC1=C(/C=C\C)C2(c3ccccc31)c1ccccc1-c1cc(-c3cccc(C(C)C=C)c3)ccc12.CC.CC.CCCCC(C)c1ccccc1. The summed E-state index contributed by atoms with van der Waals surface area (Å²) in [5.41, 5.74) is 15.4. The van der Waals surface area contributed by atoms with Crippen LogP contribution in [0.3, 0.4) is 0 Å². The number of hydrogen-bond donors (Lipinski definition) is 0. The van der Waals surface area contributed by atoms with Gasteiger partial charge in [-0.1, -0.05) is 207 Å². The Balaban J connectivity index is 0.000000319. The molecule has 0 saturated heterocycles. The predicted octanol–water partition coefficient (Wildman–Crippen LogP) is 15.5. The van der Waals surface area contributed by atoms with E-state index < -0.39 is 0 Å². The summed E-state index contributed by atoms with van der Waals surface area (Å²) in [6.45, 7) is 25.1. The van der Waals surface area contributed by atoms with E-state index in [-0.39, 0.29) is 5.41 Å². The maximum absolute atomic E-state index is 4.22. The van der Waals surface area contributed by atoms with Crippen molar-refractivity contribution in [3.8, 4) is 22.3 Å². The Morgan fingerprint density at radius 2 is 1.19 bits per heavy atom. The quantitative estimate of drug-likeness (QED) is 0.136. The molecule has 52 heavy (non-hydrogen) atoms. The Kier molecular flexibility index (Phi) is 14.6. The molecule has 0 heteroatoms. The van der Waals surface area contributed by atoms with Crippen LogP contribution in [-0.2, 0) is 5.41 Å². The van der Waals surface area contributed by atoms with Crippen molar-refractivity contribution >= 4 is 5.57 Å². The number of allylic oxidation sites excluding steroid dienone is 6. The first kappa shape index (κ1) is 39.8. The first-order chi connectivity index (χ1) is 25.5. The van der Waals surface area contributed by atoms with Crippen LogP contribution in [0.25, 0.3) is 27.8 Å². The first-order valence-corrected chi connectivity index (χ1v) is 19.6. The lowest BCUT2D eigenvalue weighted by Crippen LogP contribution is -2.26. The van der Waals surface area contributed by atoms with Gasteiger partial charge in [-0.3, -0.25) is 0 Å². The van der Waals surface area contributed by atoms with Gasteiger partial charge >= 0.3 is 0 Å². The molecule has 0 N–H and O–H groups in total. The second kappa shape index (κ2) is 19.1. The molecule has 0 aromatic heterocycles. The monoisotopic (exact) mass is 684 g/mol. The zero-order valence-electron chi connectivity index (χ0n) is 33.0. The molecule has 0 nitrogen and oxygen atoms in total. The molecule has 0 saturated carbocycles. The molecule has 0 amide bonds. The smallest absolute Gasteiger partial charge is 0.0725 e. The highest BCUT2D eigenvalue weighted by molar-refractivity contribution is 5.98. The van der Waals surface area contributed by atoms with Crippen molar-refractivity contribution in [2.45, 2.75) is 91.9 Å². The Morgan fingerprint density at radius 1 is 0.615 bits per heavy atom. The van der Waals surface area contributed by atoms with Crippen molar-refractivity contribution in [1.82, 2.24) is 0 Å². The molecule has 3 unspecified atom stereocenters. The Hall–Kier alpha value is -4.94. The molecule has 2 aliphatic rings. The largest absolute Gasteiger partial charge is 0.102 e. The highest BCUT2D eigenvalue weighted by atomic mass is 14.5. The summed E-state index contributed by atoms with van der Waals surface area (Å²) >= 11 is 0. The van der Waals surface area contributed by atoms with Crippen LogP contribution in [0.1, 0.15) is 120 Å². The molecule has 0 heterocycles. The summed E-state index contributed by atoms with van der Waals surface area (Å²) in [5.74, 6) is 1.05. The van der Waals surface area contributed by atoms with Gasteiger partial charge in [0.25, 0.3) is 0 Å². The number of unbranched alkanes of at least 4 members (excludes halogenated alkanes) is 1. The van der Waals surface area contributed by atoms with Gasteiger partial charge in [-0.15, -0.1) is 6.58 Å². The van der Waals surface area contributed by atoms with Crippen molar-refractivity contribution in [3.63, 3.8) is 0 Å². The highest BCUT2D eigenvalue weighted by Gasteiger charge is 2.51. The van der Waals surface area contributed by atoms with Crippen LogP contribution in [0.4, 0.5) is 0 Å². The predicted molar refractivity (Wildman–Crippen MR) is 231 cm³/mol. The molecular weight excluding hydrogens is 625 g/mol. The Morgan fingerprint density at radius 3 is 1.83 bits per heavy atom. The lowest BCUT2D eigenvalue weighted by atomic mass is 9.69. The fourth-order valence-electron chi connectivity index (χ4n) is 7.78. The third-order valence-electron chi connectivity index (χ3n) is 10.4. The third-order valence-corrected chi connectivity index (χ3v) is 10.4. The molecule has 0 aliphatic heterocycles. The second-order valence-corrected chi connectivity index (χ2v) is 13.2. The Labute approximate surface area is 316 Å². The summed E-state index contributed by atoms with van der Waals surface area (Å²) in [4.78, 5) is 0. The van der Waals surface area contributed by atoms with E-state index in [1.54, 1.807) is 0 Å². The van der Waals surface area contributed by atoms with Gasteiger partial charge in [0.1, 0.15) is 0 Å². The topological polar surface area (TPSA) is 0 Å². The van der Waals surface area contributed by atoms with Crippen LogP contribution in [0, 0.1) is 0 Å². The molecule has 5 aromatic carbocycles. The molecule has 268 valence electrons. The molecule has 7 rings (SSSR count). The van der Waals surface area contributed by atoms with E-state index in [1.165, 1.54) is 86.0 Å². The lowest BCUT2D eigenvalue weighted by molar-refractivity contribution is 0.624. The minimum atomic E-state index is -0.337. The van der Waals surface area contributed by atoms with Gasteiger partial charge in [-0.25, -0.2) is 0 Å². The van der Waals surface area contributed by atoms with Crippen LogP contribution in [0.2, 0.25) is 0 Å². The normalized spacial score (nSPS) is 15.8. The van der Waals surface area contributed by atoms with Gasteiger partial charge in [0.2, 0.25) is 0 Å². The van der Waals surface area contributed by atoms with Crippen LogP contribution < -0.4 is 0 Å². The van der Waals surface area contributed by atoms with Crippen molar-refractivity contribution in [2.24, 2.45) is 0 Å². The number of rotatable bonds is 9. The van der Waals surface area contributed by atoms with Gasteiger partial charge in [-0.2, -0.15) is 0 Å². The number of fused-ring (bicyclic) bond motifs is 7. The van der Waals surface area contributed by atoms with E-state index in [0.717, 1.165) is 5.92 Å². The fraction of sp³-hybridized carbons (Fsp3) is 0.269. The van der Waals surface area contributed by atoms with Crippen molar-refractivity contribution in [3.05, 3.63) is 198 Å². The zero-order valence-corrected chi connectivity index (χ0v) is 33.0. The van der Waals surface area contributed by atoms with Gasteiger partial charge in [0, 0.05) is 0 Å². The molecule has 5 aromatic rings. The van der Waals surface area contributed by atoms with Crippen LogP contribution >= 0.6 is 0 Å². The van der Waals surface area contributed by atoms with E-state index in [9.17, 15) is 0 Å². The van der Waals surface area contributed by atoms with E-state index in [4.69, 9.17) is 0 Å². The van der Waals surface area contributed by atoms with E-state index in [2.05, 4.69) is 174 Å². The summed E-state index contributed by atoms with van der Waals surface area (Å²) in [5, 5.41) is 0. The summed E-state index contributed by atoms with van der Waals surface area (Å²) in [6, 6.07) is 44.5. The zero-order chi connectivity index (χ0) is 37.7.